The van der Waals surface area contributed by atoms with Crippen LogP contribution in [0.15, 0.2) is 53.0 Å². The van der Waals surface area contributed by atoms with Gasteiger partial charge in [0.25, 0.3) is 0 Å². The molecule has 0 bridgehead atoms. The van der Waals surface area contributed by atoms with E-state index in [1.165, 1.54) is 18.2 Å². The van der Waals surface area contributed by atoms with Crippen molar-refractivity contribution in [3.05, 3.63) is 63.1 Å². The van der Waals surface area contributed by atoms with Gasteiger partial charge < -0.3 is 9.47 Å². The highest BCUT2D eigenvalue weighted by Crippen LogP contribution is 2.25. The first-order valence-corrected chi connectivity index (χ1v) is 6.68. The lowest BCUT2D eigenvalue weighted by molar-refractivity contribution is -0.385. The minimum atomic E-state index is -0.647. The molecule has 0 unspecified atom stereocenters. The molecule has 0 atom stereocenters. The lowest BCUT2D eigenvalue weighted by atomic mass is 10.3. The molecular formula is C14H10BrNO5. The van der Waals surface area contributed by atoms with Gasteiger partial charge in [0.1, 0.15) is 5.75 Å². The SMILES string of the molecule is O=C(COc1ccccc1[N+](=O)[O-])Oc1cccc(Br)c1. The van der Waals surface area contributed by atoms with E-state index < -0.39 is 17.5 Å². The Morgan fingerprint density at radius 2 is 1.95 bits per heavy atom. The number of nitro groups is 1. The van der Waals surface area contributed by atoms with E-state index in [0.29, 0.717) is 5.75 Å². The van der Waals surface area contributed by atoms with Crippen molar-refractivity contribution in [2.24, 2.45) is 0 Å². The van der Waals surface area contributed by atoms with Crippen LogP contribution in [0.5, 0.6) is 11.5 Å². The van der Waals surface area contributed by atoms with Crippen LogP contribution in [-0.4, -0.2) is 17.5 Å². The summed E-state index contributed by atoms with van der Waals surface area (Å²) in [6.45, 7) is -0.419. The number of para-hydroxylation sites is 2. The van der Waals surface area contributed by atoms with Crippen LogP contribution in [0.4, 0.5) is 5.69 Å². The van der Waals surface area contributed by atoms with Crippen molar-refractivity contribution in [2.75, 3.05) is 6.61 Å². The Morgan fingerprint density at radius 3 is 2.67 bits per heavy atom. The van der Waals surface area contributed by atoms with Gasteiger partial charge in [0, 0.05) is 10.5 Å². The summed E-state index contributed by atoms with van der Waals surface area (Å²) in [5.41, 5.74) is -0.201. The van der Waals surface area contributed by atoms with Gasteiger partial charge in [-0.15, -0.1) is 0 Å². The van der Waals surface area contributed by atoms with E-state index in [-0.39, 0.29) is 11.4 Å². The lowest BCUT2D eigenvalue weighted by Gasteiger charge is -2.07. The summed E-state index contributed by atoms with van der Waals surface area (Å²) in [4.78, 5) is 21.9. The number of ether oxygens (including phenoxy) is 2. The second-order valence-electron chi connectivity index (χ2n) is 3.94. The molecule has 0 saturated carbocycles. The van der Waals surface area contributed by atoms with Crippen molar-refractivity contribution in [2.45, 2.75) is 0 Å². The highest BCUT2D eigenvalue weighted by atomic mass is 79.9. The Morgan fingerprint density at radius 1 is 1.19 bits per heavy atom. The third-order valence-electron chi connectivity index (χ3n) is 2.44. The monoisotopic (exact) mass is 351 g/mol. The van der Waals surface area contributed by atoms with Gasteiger partial charge in [0.2, 0.25) is 0 Å². The largest absolute Gasteiger partial charge is 0.475 e. The quantitative estimate of drug-likeness (QED) is 0.357. The standard InChI is InChI=1S/C14H10BrNO5/c15-10-4-3-5-11(8-10)21-14(17)9-20-13-7-2-1-6-12(13)16(18)19/h1-8H,9H2. The van der Waals surface area contributed by atoms with Crippen molar-refractivity contribution < 1.29 is 19.2 Å². The number of nitrogens with zero attached hydrogens (tertiary/aromatic N) is 1. The maximum absolute atomic E-state index is 11.6. The predicted octanol–water partition coefficient (Wildman–Crippen LogP) is 3.34. The highest BCUT2D eigenvalue weighted by molar-refractivity contribution is 9.10. The van der Waals surface area contributed by atoms with Gasteiger partial charge >= 0.3 is 11.7 Å². The number of esters is 1. The maximum atomic E-state index is 11.6. The van der Waals surface area contributed by atoms with Gasteiger partial charge in [-0.3, -0.25) is 10.1 Å². The Kier molecular flexibility index (Phi) is 4.89. The van der Waals surface area contributed by atoms with Crippen LogP contribution < -0.4 is 9.47 Å². The molecule has 21 heavy (non-hydrogen) atoms. The van der Waals surface area contributed by atoms with Crippen LogP contribution in [0.1, 0.15) is 0 Å². The van der Waals surface area contributed by atoms with Gasteiger partial charge in [0.15, 0.2) is 12.4 Å². The minimum absolute atomic E-state index is 0.0219. The number of benzene rings is 2. The van der Waals surface area contributed by atoms with Gasteiger partial charge in [-0.25, -0.2) is 4.79 Å². The number of carbonyl (C=O) groups is 1. The van der Waals surface area contributed by atoms with E-state index in [1.54, 1.807) is 30.3 Å². The first-order chi connectivity index (χ1) is 10.1. The summed E-state index contributed by atoms with van der Waals surface area (Å²) >= 11 is 3.26. The van der Waals surface area contributed by atoms with Crippen LogP contribution in [0.3, 0.4) is 0 Å². The lowest BCUT2D eigenvalue weighted by Crippen LogP contribution is -2.18. The topological polar surface area (TPSA) is 78.7 Å². The Labute approximate surface area is 128 Å². The van der Waals surface area contributed by atoms with Gasteiger partial charge in [-0.1, -0.05) is 34.1 Å². The zero-order chi connectivity index (χ0) is 15.2. The van der Waals surface area contributed by atoms with E-state index in [1.807, 2.05) is 0 Å². The summed E-state index contributed by atoms with van der Waals surface area (Å²) in [6, 6.07) is 12.6. The molecule has 0 aliphatic heterocycles. The van der Waals surface area contributed by atoms with Gasteiger partial charge in [-0.2, -0.15) is 0 Å². The molecule has 6 nitrogen and oxygen atoms in total. The van der Waals surface area contributed by atoms with Crippen molar-refractivity contribution in [3.63, 3.8) is 0 Å². The number of rotatable bonds is 5. The van der Waals surface area contributed by atoms with Crippen LogP contribution >= 0.6 is 15.9 Å². The summed E-state index contributed by atoms with van der Waals surface area (Å²) in [6.07, 6.45) is 0. The van der Waals surface area contributed by atoms with Crippen molar-refractivity contribution in [1.29, 1.82) is 0 Å². The van der Waals surface area contributed by atoms with Crippen LogP contribution in [0.2, 0.25) is 0 Å². The van der Waals surface area contributed by atoms with Gasteiger partial charge in [0.05, 0.1) is 4.92 Å². The maximum Gasteiger partial charge on any atom is 0.349 e. The summed E-state index contributed by atoms with van der Waals surface area (Å²) in [7, 11) is 0. The van der Waals surface area contributed by atoms with Crippen LogP contribution in [0, 0.1) is 10.1 Å². The molecule has 0 aromatic heterocycles. The average Bonchev–Trinajstić information content (AvgIpc) is 2.45. The van der Waals surface area contributed by atoms with Crippen LogP contribution in [-0.2, 0) is 4.79 Å². The molecular weight excluding hydrogens is 342 g/mol. The summed E-state index contributed by atoms with van der Waals surface area (Å²) in [5.74, 6) is -0.263. The Balaban J connectivity index is 1.97. The van der Waals surface area contributed by atoms with E-state index in [0.717, 1.165) is 4.47 Å². The number of nitro benzene ring substituents is 1. The molecule has 0 radical (unpaired) electrons. The number of carbonyl (C=O) groups excluding carboxylic acids is 1. The fraction of sp³-hybridized carbons (Fsp3) is 0.0714. The second kappa shape index (κ2) is 6.85. The molecule has 7 heteroatoms. The normalized spacial score (nSPS) is 9.95. The Bertz CT molecular complexity index is 674. The number of hydrogen-bond donors (Lipinski definition) is 0. The molecule has 0 heterocycles. The Hall–Kier alpha value is -2.41. The third-order valence-corrected chi connectivity index (χ3v) is 2.93. The van der Waals surface area contributed by atoms with Crippen molar-refractivity contribution in [3.8, 4) is 11.5 Å². The van der Waals surface area contributed by atoms with E-state index in [9.17, 15) is 14.9 Å². The van der Waals surface area contributed by atoms with Crippen molar-refractivity contribution >= 4 is 27.6 Å². The molecule has 0 aliphatic rings. The minimum Gasteiger partial charge on any atom is -0.475 e. The van der Waals surface area contributed by atoms with E-state index >= 15 is 0 Å². The first kappa shape index (κ1) is 15.0. The van der Waals surface area contributed by atoms with E-state index in [2.05, 4.69) is 15.9 Å². The molecule has 2 aromatic rings. The predicted molar refractivity (Wildman–Crippen MR) is 78.4 cm³/mol. The molecule has 108 valence electrons. The average molecular weight is 352 g/mol. The highest BCUT2D eigenvalue weighted by Gasteiger charge is 2.15. The molecule has 0 saturated heterocycles. The zero-order valence-corrected chi connectivity index (χ0v) is 12.3. The fourth-order valence-electron chi connectivity index (χ4n) is 1.56. The van der Waals surface area contributed by atoms with Gasteiger partial charge in [-0.05, 0) is 24.3 Å². The molecule has 2 rings (SSSR count). The zero-order valence-electron chi connectivity index (χ0n) is 10.7. The molecule has 2 aromatic carbocycles. The van der Waals surface area contributed by atoms with E-state index in [4.69, 9.17) is 9.47 Å². The molecule has 0 spiro atoms. The second-order valence-corrected chi connectivity index (χ2v) is 4.86. The summed E-state index contributed by atoms with van der Waals surface area (Å²) in [5, 5.41) is 10.8. The summed E-state index contributed by atoms with van der Waals surface area (Å²) < 4.78 is 11.0. The fourth-order valence-corrected chi connectivity index (χ4v) is 1.94. The molecule has 0 fully saturated rings. The smallest absolute Gasteiger partial charge is 0.349 e. The van der Waals surface area contributed by atoms with Crippen molar-refractivity contribution in [1.82, 2.24) is 0 Å². The number of hydrogen-bond acceptors (Lipinski definition) is 5. The molecule has 0 N–H and O–H groups in total. The number of halogens is 1. The molecule has 0 amide bonds. The van der Waals surface area contributed by atoms with Crippen LogP contribution in [0.25, 0.3) is 0 Å². The third kappa shape index (κ3) is 4.28. The molecule has 0 aliphatic carbocycles. The first-order valence-electron chi connectivity index (χ1n) is 5.89.